The second kappa shape index (κ2) is 4.63. The summed E-state index contributed by atoms with van der Waals surface area (Å²) in [7, 11) is 0. The highest BCUT2D eigenvalue weighted by Gasteiger charge is 2.01. The van der Waals surface area contributed by atoms with Crippen LogP contribution in [0.25, 0.3) is 0 Å². The average molecular weight is 240 g/mol. The van der Waals surface area contributed by atoms with Gasteiger partial charge in [0.2, 0.25) is 0 Å². The Hall–Kier alpha value is -1.07. The van der Waals surface area contributed by atoms with Gasteiger partial charge in [-0.1, -0.05) is 6.07 Å². The predicted octanol–water partition coefficient (Wildman–Crippen LogP) is 3.16. The lowest BCUT2D eigenvalue weighted by atomic mass is 10.4. The van der Waals surface area contributed by atoms with Crippen molar-refractivity contribution < 1.29 is 4.39 Å². The lowest BCUT2D eigenvalue weighted by Gasteiger charge is -1.98. The zero-order valence-electron chi connectivity index (χ0n) is 7.81. The van der Waals surface area contributed by atoms with Crippen molar-refractivity contribution in [1.29, 1.82) is 0 Å². The van der Waals surface area contributed by atoms with Gasteiger partial charge in [-0.15, -0.1) is 23.1 Å². The van der Waals surface area contributed by atoms with Gasteiger partial charge in [0.05, 0.1) is 0 Å². The van der Waals surface area contributed by atoms with Gasteiger partial charge >= 0.3 is 0 Å². The summed E-state index contributed by atoms with van der Waals surface area (Å²) in [4.78, 5) is 5.97. The summed E-state index contributed by atoms with van der Waals surface area (Å²) in [6.45, 7) is 0. The number of nitrogens with zero attached hydrogens (tertiary/aromatic N) is 1. The smallest absolute Gasteiger partial charge is 0.180 e. The first-order chi connectivity index (χ1) is 7.24. The maximum absolute atomic E-state index is 12.9. The summed E-state index contributed by atoms with van der Waals surface area (Å²) in [5, 5.41) is 0.574. The van der Waals surface area contributed by atoms with E-state index in [0.717, 1.165) is 15.5 Å². The van der Waals surface area contributed by atoms with E-state index in [-0.39, 0.29) is 5.82 Å². The van der Waals surface area contributed by atoms with E-state index in [2.05, 4.69) is 4.98 Å². The van der Waals surface area contributed by atoms with Crippen molar-refractivity contribution in [2.75, 3.05) is 5.73 Å². The van der Waals surface area contributed by atoms with Crippen molar-refractivity contribution in [2.45, 2.75) is 10.6 Å². The van der Waals surface area contributed by atoms with Crippen LogP contribution in [-0.4, -0.2) is 4.98 Å². The molecule has 1 aromatic heterocycles. The summed E-state index contributed by atoms with van der Waals surface area (Å²) < 4.78 is 12.9. The van der Waals surface area contributed by atoms with E-state index in [1.54, 1.807) is 24.0 Å². The molecule has 5 heteroatoms. The van der Waals surface area contributed by atoms with Gasteiger partial charge in [0.15, 0.2) is 5.13 Å². The molecule has 0 fully saturated rings. The van der Waals surface area contributed by atoms with Gasteiger partial charge < -0.3 is 5.73 Å². The van der Waals surface area contributed by atoms with Crippen molar-refractivity contribution in [3.63, 3.8) is 0 Å². The van der Waals surface area contributed by atoms with Crippen LogP contribution in [0.3, 0.4) is 0 Å². The van der Waals surface area contributed by atoms with E-state index in [1.165, 1.54) is 23.5 Å². The Bertz CT molecular complexity index is 456. The largest absolute Gasteiger partial charge is 0.375 e. The van der Waals surface area contributed by atoms with E-state index < -0.39 is 0 Å². The molecule has 0 unspecified atom stereocenters. The molecule has 2 rings (SSSR count). The van der Waals surface area contributed by atoms with Crippen molar-refractivity contribution in [2.24, 2.45) is 0 Å². The minimum absolute atomic E-state index is 0.205. The molecule has 78 valence electrons. The van der Waals surface area contributed by atoms with Crippen LogP contribution in [0.5, 0.6) is 0 Å². The molecule has 0 aliphatic rings. The average Bonchev–Trinajstić information content (AvgIpc) is 2.62. The molecule has 1 aromatic carbocycles. The van der Waals surface area contributed by atoms with E-state index in [0.29, 0.717) is 5.13 Å². The Morgan fingerprint density at radius 1 is 1.47 bits per heavy atom. The van der Waals surface area contributed by atoms with Gasteiger partial charge in [-0.2, -0.15) is 0 Å². The molecule has 2 N–H and O–H groups in total. The number of anilines is 1. The fourth-order valence-corrected chi connectivity index (χ4v) is 2.75. The summed E-state index contributed by atoms with van der Waals surface area (Å²) in [6.07, 6.45) is 1.76. The SMILES string of the molecule is Nc1ncc(CSc2cccc(F)c2)s1. The highest BCUT2D eigenvalue weighted by atomic mass is 32.2. The number of hydrogen-bond donors (Lipinski definition) is 1. The van der Waals surface area contributed by atoms with E-state index in [4.69, 9.17) is 5.73 Å². The van der Waals surface area contributed by atoms with Gasteiger partial charge in [-0.3, -0.25) is 0 Å². The molecule has 2 nitrogen and oxygen atoms in total. The molecule has 0 amide bonds. The zero-order chi connectivity index (χ0) is 10.7. The summed E-state index contributed by atoms with van der Waals surface area (Å²) >= 11 is 3.04. The quantitative estimate of drug-likeness (QED) is 0.838. The number of halogens is 1. The first kappa shape index (κ1) is 10.4. The molecule has 0 aliphatic heterocycles. The standard InChI is InChI=1S/C10H9FN2S2/c11-7-2-1-3-8(4-7)14-6-9-5-13-10(12)15-9/h1-5H,6H2,(H2,12,13). The molecule has 0 radical (unpaired) electrons. The number of benzene rings is 1. The minimum atomic E-state index is -0.205. The number of aromatic nitrogens is 1. The molecule has 0 saturated heterocycles. The van der Waals surface area contributed by atoms with Crippen LogP contribution >= 0.6 is 23.1 Å². The Morgan fingerprint density at radius 3 is 3.00 bits per heavy atom. The number of thioether (sulfide) groups is 1. The third-order valence-electron chi connectivity index (χ3n) is 1.75. The van der Waals surface area contributed by atoms with Crippen LogP contribution in [0.15, 0.2) is 35.4 Å². The van der Waals surface area contributed by atoms with E-state index in [9.17, 15) is 4.39 Å². The normalized spacial score (nSPS) is 10.5. The molecule has 0 aliphatic carbocycles. The van der Waals surface area contributed by atoms with Crippen molar-refractivity contribution in [1.82, 2.24) is 4.98 Å². The van der Waals surface area contributed by atoms with Gasteiger partial charge in [0.1, 0.15) is 5.82 Å². The number of thiazole rings is 1. The lowest BCUT2D eigenvalue weighted by molar-refractivity contribution is 0.624. The minimum Gasteiger partial charge on any atom is -0.375 e. The number of rotatable bonds is 3. The van der Waals surface area contributed by atoms with Gasteiger partial charge in [0.25, 0.3) is 0 Å². The highest BCUT2D eigenvalue weighted by molar-refractivity contribution is 7.98. The van der Waals surface area contributed by atoms with Crippen LogP contribution in [0, 0.1) is 5.82 Å². The fourth-order valence-electron chi connectivity index (χ4n) is 1.10. The molecule has 15 heavy (non-hydrogen) atoms. The van der Waals surface area contributed by atoms with Crippen LogP contribution in [-0.2, 0) is 5.75 Å². The number of hydrogen-bond acceptors (Lipinski definition) is 4. The third-order valence-corrected chi connectivity index (χ3v) is 3.80. The Kier molecular flexibility index (Phi) is 3.23. The van der Waals surface area contributed by atoms with Gasteiger partial charge in [0, 0.05) is 21.7 Å². The van der Waals surface area contributed by atoms with E-state index >= 15 is 0 Å². The van der Waals surface area contributed by atoms with Crippen molar-refractivity contribution in [3.8, 4) is 0 Å². The lowest BCUT2D eigenvalue weighted by Crippen LogP contribution is -1.77. The molecular formula is C10H9FN2S2. The maximum Gasteiger partial charge on any atom is 0.180 e. The summed E-state index contributed by atoms with van der Waals surface area (Å²) in [5.74, 6) is 0.571. The highest BCUT2D eigenvalue weighted by Crippen LogP contribution is 2.26. The van der Waals surface area contributed by atoms with Crippen LogP contribution in [0.2, 0.25) is 0 Å². The first-order valence-corrected chi connectivity index (χ1v) is 6.13. The Morgan fingerprint density at radius 2 is 2.33 bits per heavy atom. The summed E-state index contributed by atoms with van der Waals surface area (Å²) in [5.41, 5.74) is 5.51. The zero-order valence-corrected chi connectivity index (χ0v) is 9.45. The molecule has 1 heterocycles. The predicted molar refractivity (Wildman–Crippen MR) is 62.5 cm³/mol. The topological polar surface area (TPSA) is 38.9 Å². The summed E-state index contributed by atoms with van der Waals surface area (Å²) in [6, 6.07) is 6.56. The molecular weight excluding hydrogens is 231 g/mol. The Balaban J connectivity index is 1.99. The van der Waals surface area contributed by atoms with Crippen molar-refractivity contribution >= 4 is 28.2 Å². The molecule has 0 atom stereocenters. The van der Waals surface area contributed by atoms with Gasteiger partial charge in [-0.05, 0) is 18.2 Å². The van der Waals surface area contributed by atoms with Crippen LogP contribution < -0.4 is 5.73 Å². The number of nitrogen functional groups attached to an aromatic ring is 1. The second-order valence-corrected chi connectivity index (χ2v) is 5.11. The molecule has 0 spiro atoms. The fraction of sp³-hybridized carbons (Fsp3) is 0.100. The first-order valence-electron chi connectivity index (χ1n) is 4.32. The molecule has 2 aromatic rings. The second-order valence-electron chi connectivity index (χ2n) is 2.91. The molecule has 0 saturated carbocycles. The van der Waals surface area contributed by atoms with Crippen molar-refractivity contribution in [3.05, 3.63) is 41.2 Å². The van der Waals surface area contributed by atoms with Crippen LogP contribution in [0.4, 0.5) is 9.52 Å². The Labute approximate surface area is 95.3 Å². The monoisotopic (exact) mass is 240 g/mol. The van der Waals surface area contributed by atoms with Crippen LogP contribution in [0.1, 0.15) is 4.88 Å². The third kappa shape index (κ3) is 2.94. The van der Waals surface area contributed by atoms with E-state index in [1.807, 2.05) is 6.07 Å². The van der Waals surface area contributed by atoms with Gasteiger partial charge in [-0.25, -0.2) is 9.37 Å². The number of nitrogens with two attached hydrogens (primary N) is 1. The molecule has 0 bridgehead atoms. The maximum atomic E-state index is 12.9.